The van der Waals surface area contributed by atoms with E-state index < -0.39 is 17.5 Å². The second-order valence-corrected chi connectivity index (χ2v) is 7.85. The third kappa shape index (κ3) is 3.58. The van der Waals surface area contributed by atoms with E-state index in [1.165, 1.54) is 0 Å². The minimum atomic E-state index is -1.18. The van der Waals surface area contributed by atoms with Gasteiger partial charge in [-0.05, 0) is 42.2 Å². The quantitative estimate of drug-likeness (QED) is 0.744. The first kappa shape index (κ1) is 20.7. The Morgan fingerprint density at radius 3 is 2.35 bits per heavy atom. The van der Waals surface area contributed by atoms with Crippen molar-refractivity contribution >= 4 is 17.8 Å². The molecule has 1 N–H and O–H groups in total. The maximum absolute atomic E-state index is 13.1. The number of methoxy groups -OCH3 is 2. The fourth-order valence-electron chi connectivity index (χ4n) is 4.14. The second-order valence-electron chi connectivity index (χ2n) is 7.85. The number of nitrogens with zero attached hydrogens (tertiary/aromatic N) is 2. The first-order valence-corrected chi connectivity index (χ1v) is 10.1. The van der Waals surface area contributed by atoms with Gasteiger partial charge < -0.3 is 19.7 Å². The van der Waals surface area contributed by atoms with Crippen LogP contribution in [0.25, 0.3) is 0 Å². The molecule has 0 spiro atoms. The number of imide groups is 1. The molecule has 1 atom stereocenters. The Morgan fingerprint density at radius 2 is 1.71 bits per heavy atom. The van der Waals surface area contributed by atoms with E-state index in [1.807, 2.05) is 30.3 Å². The summed E-state index contributed by atoms with van der Waals surface area (Å²) in [4.78, 5) is 41.2. The number of urea groups is 1. The van der Waals surface area contributed by atoms with Crippen molar-refractivity contribution in [3.63, 3.8) is 0 Å². The van der Waals surface area contributed by atoms with Crippen LogP contribution in [0.5, 0.6) is 11.5 Å². The number of hydrogen-bond acceptors (Lipinski definition) is 5. The van der Waals surface area contributed by atoms with Crippen LogP contribution in [0.4, 0.5) is 4.79 Å². The van der Waals surface area contributed by atoms with Gasteiger partial charge in [0.2, 0.25) is 5.91 Å². The van der Waals surface area contributed by atoms with E-state index in [0.717, 1.165) is 16.0 Å². The van der Waals surface area contributed by atoms with E-state index in [1.54, 1.807) is 38.2 Å². The first-order valence-electron chi connectivity index (χ1n) is 10.1. The highest BCUT2D eigenvalue weighted by Crippen LogP contribution is 2.33. The Hall–Kier alpha value is -3.55. The lowest BCUT2D eigenvalue weighted by Gasteiger charge is -2.30. The molecule has 2 heterocycles. The molecule has 162 valence electrons. The van der Waals surface area contributed by atoms with Crippen LogP contribution in [0.3, 0.4) is 0 Å². The summed E-state index contributed by atoms with van der Waals surface area (Å²) in [7, 11) is 3.15. The van der Waals surface area contributed by atoms with Crippen molar-refractivity contribution < 1.29 is 23.9 Å². The second kappa shape index (κ2) is 7.94. The van der Waals surface area contributed by atoms with Crippen LogP contribution in [0.2, 0.25) is 0 Å². The average Bonchev–Trinajstić information content (AvgIpc) is 3.02. The number of fused-ring (bicyclic) bond motifs is 1. The van der Waals surface area contributed by atoms with E-state index in [-0.39, 0.29) is 12.5 Å². The van der Waals surface area contributed by atoms with E-state index in [4.69, 9.17) is 9.47 Å². The zero-order chi connectivity index (χ0) is 22.2. The standard InChI is InChI=1S/C23H25N3O5/c1-23(17-7-5-4-6-8-17)21(28)26(22(29)24-23)14-20(27)25-10-9-15-11-18(30-2)19(31-3)12-16(15)13-25/h4-8,11-12H,9-10,13-14H2,1-3H3,(H,24,29)/t23-/m0/s1. The van der Waals surface area contributed by atoms with E-state index in [2.05, 4.69) is 5.32 Å². The van der Waals surface area contributed by atoms with E-state index in [9.17, 15) is 14.4 Å². The van der Waals surface area contributed by atoms with Crippen LogP contribution in [0, 0.1) is 0 Å². The number of ether oxygens (including phenoxy) is 2. The molecule has 1 fully saturated rings. The number of rotatable bonds is 5. The Bertz CT molecular complexity index is 1040. The Morgan fingerprint density at radius 1 is 1.06 bits per heavy atom. The number of benzene rings is 2. The topological polar surface area (TPSA) is 88.2 Å². The average molecular weight is 423 g/mol. The zero-order valence-corrected chi connectivity index (χ0v) is 17.8. The van der Waals surface area contributed by atoms with Gasteiger partial charge in [0.05, 0.1) is 14.2 Å². The van der Waals surface area contributed by atoms with Gasteiger partial charge in [-0.1, -0.05) is 30.3 Å². The maximum atomic E-state index is 13.1. The highest BCUT2D eigenvalue weighted by molar-refractivity contribution is 6.09. The number of carbonyl (C=O) groups excluding carboxylic acids is 3. The minimum Gasteiger partial charge on any atom is -0.493 e. The van der Waals surface area contributed by atoms with Gasteiger partial charge in [0.15, 0.2) is 11.5 Å². The summed E-state index contributed by atoms with van der Waals surface area (Å²) in [5, 5.41) is 2.73. The molecule has 0 aliphatic carbocycles. The highest BCUT2D eigenvalue weighted by atomic mass is 16.5. The van der Waals surface area contributed by atoms with Crippen molar-refractivity contribution in [1.29, 1.82) is 0 Å². The molecule has 2 aliphatic heterocycles. The zero-order valence-electron chi connectivity index (χ0n) is 17.8. The molecular formula is C23H25N3O5. The van der Waals surface area contributed by atoms with Crippen LogP contribution in [0.15, 0.2) is 42.5 Å². The van der Waals surface area contributed by atoms with Crippen molar-refractivity contribution in [3.05, 3.63) is 59.2 Å². The van der Waals surface area contributed by atoms with Crippen LogP contribution in [-0.4, -0.2) is 55.0 Å². The number of nitrogens with one attached hydrogen (secondary N) is 1. The molecule has 8 nitrogen and oxygen atoms in total. The van der Waals surface area contributed by atoms with Gasteiger partial charge in [0.1, 0.15) is 12.1 Å². The van der Waals surface area contributed by atoms with Gasteiger partial charge in [-0.15, -0.1) is 0 Å². The molecule has 8 heteroatoms. The van der Waals surface area contributed by atoms with Crippen molar-refractivity contribution in [3.8, 4) is 11.5 Å². The molecular weight excluding hydrogens is 398 g/mol. The van der Waals surface area contributed by atoms with Crippen molar-refractivity contribution in [2.45, 2.75) is 25.4 Å². The Balaban J connectivity index is 1.49. The summed E-state index contributed by atoms with van der Waals surface area (Å²) in [5.41, 5.74) is 1.55. The van der Waals surface area contributed by atoms with Crippen molar-refractivity contribution in [2.75, 3.05) is 27.3 Å². The lowest BCUT2D eigenvalue weighted by atomic mass is 9.92. The van der Waals surface area contributed by atoms with Crippen molar-refractivity contribution in [1.82, 2.24) is 15.1 Å². The number of amides is 4. The van der Waals surface area contributed by atoms with Gasteiger partial charge in [-0.2, -0.15) is 0 Å². The predicted molar refractivity (Wildman–Crippen MR) is 113 cm³/mol. The molecule has 0 bridgehead atoms. The number of hydrogen-bond donors (Lipinski definition) is 1. The number of carbonyl (C=O) groups is 3. The molecule has 0 aromatic heterocycles. The van der Waals surface area contributed by atoms with Crippen LogP contribution >= 0.6 is 0 Å². The van der Waals surface area contributed by atoms with Gasteiger partial charge >= 0.3 is 6.03 Å². The van der Waals surface area contributed by atoms with Crippen molar-refractivity contribution in [2.24, 2.45) is 0 Å². The summed E-state index contributed by atoms with van der Waals surface area (Å²) in [5.74, 6) is 0.547. The molecule has 1 saturated heterocycles. The maximum Gasteiger partial charge on any atom is 0.325 e. The third-order valence-corrected chi connectivity index (χ3v) is 5.99. The van der Waals surface area contributed by atoms with Gasteiger partial charge in [-0.3, -0.25) is 14.5 Å². The lowest BCUT2D eigenvalue weighted by molar-refractivity contribution is -0.139. The molecule has 0 unspecified atom stereocenters. The Kier molecular flexibility index (Phi) is 5.31. The third-order valence-electron chi connectivity index (χ3n) is 5.99. The summed E-state index contributed by atoms with van der Waals surface area (Å²) in [6.07, 6.45) is 0.656. The lowest BCUT2D eigenvalue weighted by Crippen LogP contribution is -2.45. The summed E-state index contributed by atoms with van der Waals surface area (Å²) < 4.78 is 10.7. The van der Waals surface area contributed by atoms with E-state index >= 15 is 0 Å². The smallest absolute Gasteiger partial charge is 0.325 e. The molecule has 31 heavy (non-hydrogen) atoms. The normalized spacial score (nSPS) is 20.4. The highest BCUT2D eigenvalue weighted by Gasteiger charge is 2.49. The summed E-state index contributed by atoms with van der Waals surface area (Å²) in [6, 6.07) is 12.3. The predicted octanol–water partition coefficient (Wildman–Crippen LogP) is 2.06. The molecule has 0 radical (unpaired) electrons. The van der Waals surface area contributed by atoms with Gasteiger partial charge in [-0.25, -0.2) is 4.79 Å². The Labute approximate surface area is 180 Å². The monoisotopic (exact) mass is 423 g/mol. The fraction of sp³-hybridized carbons (Fsp3) is 0.348. The molecule has 4 rings (SSSR count). The molecule has 4 amide bonds. The van der Waals surface area contributed by atoms with E-state index in [0.29, 0.717) is 36.6 Å². The summed E-state index contributed by atoms with van der Waals surface area (Å²) >= 11 is 0. The largest absolute Gasteiger partial charge is 0.493 e. The first-order chi connectivity index (χ1) is 14.9. The van der Waals surface area contributed by atoms with Gasteiger partial charge in [0, 0.05) is 13.1 Å². The van der Waals surface area contributed by atoms with Gasteiger partial charge in [0.25, 0.3) is 5.91 Å². The molecule has 2 aliphatic rings. The minimum absolute atomic E-state index is 0.277. The van der Waals surface area contributed by atoms with Crippen LogP contribution < -0.4 is 14.8 Å². The SMILES string of the molecule is COc1cc2c(cc1OC)CN(C(=O)CN1C(=O)N[C@@](C)(c3ccccc3)C1=O)CC2. The van der Waals surface area contributed by atoms with Crippen LogP contribution in [-0.2, 0) is 28.1 Å². The fourth-order valence-corrected chi connectivity index (χ4v) is 4.14. The molecule has 0 saturated carbocycles. The molecule has 2 aromatic rings. The summed E-state index contributed by atoms with van der Waals surface area (Å²) in [6.45, 7) is 2.24. The molecule has 2 aromatic carbocycles. The van der Waals surface area contributed by atoms with Crippen LogP contribution in [0.1, 0.15) is 23.6 Å².